The minimum Gasteiger partial charge on any atom is -0.486 e. The number of thioether (sulfide) groups is 1. The molecule has 9 heteroatoms. The van der Waals surface area contributed by atoms with Crippen LogP contribution in [0.2, 0.25) is 10.0 Å². The molecule has 1 unspecified atom stereocenters. The van der Waals surface area contributed by atoms with Crippen LogP contribution < -0.4 is 14.8 Å². The van der Waals surface area contributed by atoms with Crippen LogP contribution >= 0.6 is 46.3 Å². The number of ether oxygens (including phenoxy) is 2. The van der Waals surface area contributed by atoms with Gasteiger partial charge in [0.2, 0.25) is 5.91 Å². The number of nitrogens with one attached hydrogen (secondary N) is 1. The first-order valence-corrected chi connectivity index (χ1v) is 11.3. The summed E-state index contributed by atoms with van der Waals surface area (Å²) in [6.45, 7) is 2.93. The van der Waals surface area contributed by atoms with E-state index in [0.29, 0.717) is 34.1 Å². The van der Waals surface area contributed by atoms with E-state index >= 15 is 0 Å². The number of aromatic nitrogens is 1. The number of benzene rings is 2. The molecule has 0 bridgehead atoms. The third-order valence-electron chi connectivity index (χ3n) is 4.15. The highest BCUT2D eigenvalue weighted by Gasteiger charge is 2.19. The maximum Gasteiger partial charge on any atom is 0.239 e. The minimum atomic E-state index is -0.310. The number of anilines is 1. The molecule has 3 aromatic rings. The first-order chi connectivity index (χ1) is 14.0. The van der Waals surface area contributed by atoms with Crippen LogP contribution in [0.5, 0.6) is 11.5 Å². The van der Waals surface area contributed by atoms with Gasteiger partial charge in [-0.2, -0.15) is 0 Å². The van der Waals surface area contributed by atoms with Crippen LogP contribution in [-0.2, 0) is 4.79 Å². The van der Waals surface area contributed by atoms with Crippen molar-refractivity contribution in [2.75, 3.05) is 18.5 Å². The second-order valence-corrected chi connectivity index (χ2v) is 9.31. The zero-order valence-corrected chi connectivity index (χ0v) is 18.4. The number of carbonyl (C=O) groups excluding carboxylic acids is 1. The average Bonchev–Trinajstić information content (AvgIpc) is 3.18. The molecule has 2 heterocycles. The predicted octanol–water partition coefficient (Wildman–Crippen LogP) is 6.01. The molecule has 0 radical (unpaired) electrons. The molecule has 0 aliphatic carbocycles. The molecule has 1 N–H and O–H groups in total. The second-order valence-electron chi connectivity index (χ2n) is 6.22. The fraction of sp³-hybridized carbons (Fsp3) is 0.200. The lowest BCUT2D eigenvalue weighted by Gasteiger charge is -2.19. The van der Waals surface area contributed by atoms with Gasteiger partial charge in [0.05, 0.1) is 21.0 Å². The number of hydrogen-bond acceptors (Lipinski definition) is 6. The molecule has 29 heavy (non-hydrogen) atoms. The second kappa shape index (κ2) is 8.83. The van der Waals surface area contributed by atoms with Crippen molar-refractivity contribution in [3.63, 3.8) is 0 Å². The van der Waals surface area contributed by atoms with Gasteiger partial charge in [-0.25, -0.2) is 4.98 Å². The summed E-state index contributed by atoms with van der Waals surface area (Å²) in [4.78, 5) is 18.0. The van der Waals surface area contributed by atoms with Gasteiger partial charge in [-0.1, -0.05) is 29.3 Å². The van der Waals surface area contributed by atoms with Crippen LogP contribution in [0.25, 0.3) is 11.3 Å². The van der Waals surface area contributed by atoms with Crippen molar-refractivity contribution in [2.45, 2.75) is 17.1 Å². The molecule has 1 aromatic heterocycles. The third kappa shape index (κ3) is 4.80. The molecule has 5 nitrogen and oxygen atoms in total. The average molecular weight is 467 g/mol. The van der Waals surface area contributed by atoms with Gasteiger partial charge in [0.1, 0.15) is 13.2 Å². The maximum atomic E-state index is 12.6. The number of fused-ring (bicyclic) bond motifs is 1. The largest absolute Gasteiger partial charge is 0.486 e. The lowest BCUT2D eigenvalue weighted by Crippen LogP contribution is -2.22. The van der Waals surface area contributed by atoms with E-state index in [1.807, 2.05) is 36.6 Å². The highest BCUT2D eigenvalue weighted by molar-refractivity contribution is 8.00. The number of amides is 1. The van der Waals surface area contributed by atoms with Gasteiger partial charge in [-0.15, -0.1) is 23.1 Å². The molecule has 1 aliphatic rings. The van der Waals surface area contributed by atoms with Gasteiger partial charge >= 0.3 is 0 Å². The third-order valence-corrected chi connectivity index (χ3v) is 6.74. The predicted molar refractivity (Wildman–Crippen MR) is 119 cm³/mol. The Hall–Kier alpha value is -1.93. The summed E-state index contributed by atoms with van der Waals surface area (Å²) in [7, 11) is 0. The number of halogens is 2. The fourth-order valence-electron chi connectivity index (χ4n) is 2.68. The molecule has 0 fully saturated rings. The molecule has 2 aromatic carbocycles. The van der Waals surface area contributed by atoms with Crippen molar-refractivity contribution in [1.29, 1.82) is 0 Å². The Bertz CT molecular complexity index is 1060. The Balaban J connectivity index is 1.40. The van der Waals surface area contributed by atoms with Crippen LogP contribution in [0.1, 0.15) is 6.92 Å². The number of thiazole rings is 1. The molecule has 1 aliphatic heterocycles. The van der Waals surface area contributed by atoms with Crippen molar-refractivity contribution < 1.29 is 14.3 Å². The van der Waals surface area contributed by atoms with Crippen LogP contribution in [0, 0.1) is 0 Å². The van der Waals surface area contributed by atoms with Crippen molar-refractivity contribution in [3.8, 4) is 22.8 Å². The van der Waals surface area contributed by atoms with Crippen molar-refractivity contribution in [2.24, 2.45) is 0 Å². The fourth-order valence-corrected chi connectivity index (χ4v) is 4.60. The minimum absolute atomic E-state index is 0.125. The SMILES string of the molecule is CC(Sc1ccc2c(c1)OCCO2)C(=O)Nc1nc(-c2ccc(Cl)c(Cl)c2)cs1. The summed E-state index contributed by atoms with van der Waals surface area (Å²) >= 11 is 14.8. The van der Waals surface area contributed by atoms with Crippen LogP contribution in [0.3, 0.4) is 0 Å². The maximum absolute atomic E-state index is 12.6. The summed E-state index contributed by atoms with van der Waals surface area (Å²) in [5, 5.41) is 5.92. The van der Waals surface area contributed by atoms with E-state index in [9.17, 15) is 4.79 Å². The van der Waals surface area contributed by atoms with Gasteiger partial charge in [0.15, 0.2) is 16.6 Å². The first kappa shape index (κ1) is 20.3. The number of carbonyl (C=O) groups is 1. The van der Waals surface area contributed by atoms with Crippen molar-refractivity contribution in [1.82, 2.24) is 4.98 Å². The van der Waals surface area contributed by atoms with E-state index in [0.717, 1.165) is 21.9 Å². The smallest absolute Gasteiger partial charge is 0.239 e. The Labute approximate surface area is 186 Å². The molecule has 1 amide bonds. The van der Waals surface area contributed by atoms with Crippen molar-refractivity contribution in [3.05, 3.63) is 51.8 Å². The van der Waals surface area contributed by atoms with Crippen LogP contribution in [0.4, 0.5) is 5.13 Å². The van der Waals surface area contributed by atoms with Gasteiger partial charge in [0.25, 0.3) is 0 Å². The van der Waals surface area contributed by atoms with Gasteiger partial charge in [-0.3, -0.25) is 4.79 Å². The highest BCUT2D eigenvalue weighted by Crippen LogP contribution is 2.36. The molecule has 1 atom stereocenters. The quantitative estimate of drug-likeness (QED) is 0.466. The standard InChI is InChI=1S/C20H16Cl2N2O3S2/c1-11(29-13-3-5-17-18(9-13)27-7-6-26-17)19(25)24-20-23-16(10-28-20)12-2-4-14(21)15(22)8-12/h2-5,8-11H,6-7H2,1H3,(H,23,24,25). The molecule has 0 saturated carbocycles. The summed E-state index contributed by atoms with van der Waals surface area (Å²) in [6.07, 6.45) is 0. The summed E-state index contributed by atoms with van der Waals surface area (Å²) < 4.78 is 11.1. The molecule has 150 valence electrons. The normalized spacial score (nSPS) is 13.8. The Morgan fingerprint density at radius 2 is 1.93 bits per heavy atom. The first-order valence-electron chi connectivity index (χ1n) is 8.78. The van der Waals surface area contributed by atoms with E-state index in [2.05, 4.69) is 10.3 Å². The zero-order valence-electron chi connectivity index (χ0n) is 15.3. The van der Waals surface area contributed by atoms with Crippen molar-refractivity contribution >= 4 is 57.3 Å². The molecule has 0 spiro atoms. The Kier molecular flexibility index (Phi) is 6.20. The van der Waals surface area contributed by atoms with E-state index in [4.69, 9.17) is 32.7 Å². The Morgan fingerprint density at radius 3 is 2.72 bits per heavy atom. The lowest BCUT2D eigenvalue weighted by molar-refractivity contribution is -0.115. The van der Waals surface area contributed by atoms with E-state index < -0.39 is 0 Å². The van der Waals surface area contributed by atoms with Gasteiger partial charge < -0.3 is 14.8 Å². The lowest BCUT2D eigenvalue weighted by atomic mass is 10.2. The number of nitrogens with zero attached hydrogens (tertiary/aromatic N) is 1. The van der Waals surface area contributed by atoms with E-state index in [1.165, 1.54) is 23.1 Å². The number of rotatable bonds is 5. The number of hydrogen-bond donors (Lipinski definition) is 1. The Morgan fingerprint density at radius 1 is 1.14 bits per heavy atom. The molecular formula is C20H16Cl2N2O3S2. The summed E-state index contributed by atoms with van der Waals surface area (Å²) in [5.41, 5.74) is 1.57. The molecule has 4 rings (SSSR count). The van der Waals surface area contributed by atoms with E-state index in [1.54, 1.807) is 12.1 Å². The van der Waals surface area contributed by atoms with Crippen LogP contribution in [-0.4, -0.2) is 29.4 Å². The topological polar surface area (TPSA) is 60.5 Å². The zero-order chi connectivity index (χ0) is 20.4. The van der Waals surface area contributed by atoms with Gasteiger partial charge in [0, 0.05) is 15.8 Å². The highest BCUT2D eigenvalue weighted by atomic mass is 35.5. The molecule has 0 saturated heterocycles. The van der Waals surface area contributed by atoms with Crippen LogP contribution in [0.15, 0.2) is 46.7 Å². The summed E-state index contributed by atoms with van der Waals surface area (Å²) in [6, 6.07) is 11.0. The van der Waals surface area contributed by atoms with E-state index in [-0.39, 0.29) is 11.2 Å². The molecular weight excluding hydrogens is 451 g/mol. The summed E-state index contributed by atoms with van der Waals surface area (Å²) in [5.74, 6) is 1.32. The van der Waals surface area contributed by atoms with Gasteiger partial charge in [-0.05, 0) is 37.3 Å². The monoisotopic (exact) mass is 466 g/mol.